The molecule has 0 amide bonds. The summed E-state index contributed by atoms with van der Waals surface area (Å²) in [5.41, 5.74) is 1.41. The molecule has 0 bridgehead atoms. The van der Waals surface area contributed by atoms with Gasteiger partial charge in [-0.2, -0.15) is 0 Å². The van der Waals surface area contributed by atoms with E-state index in [0.29, 0.717) is 0 Å². The maximum absolute atomic E-state index is 4.31. The molecule has 1 aromatic heterocycles. The van der Waals surface area contributed by atoms with Crippen LogP contribution in [0.25, 0.3) is 0 Å². The fourth-order valence-corrected chi connectivity index (χ4v) is 1.27. The highest BCUT2D eigenvalue weighted by atomic mass is 15.0. The Kier molecular flexibility index (Phi) is 3.69. The van der Waals surface area contributed by atoms with Crippen molar-refractivity contribution in [3.05, 3.63) is 17.7 Å². The summed E-state index contributed by atoms with van der Waals surface area (Å²) in [6, 6.07) is 0. The summed E-state index contributed by atoms with van der Waals surface area (Å²) in [5.74, 6) is 1.08. The molecular weight excluding hydrogens is 174 g/mol. The zero-order valence-electron chi connectivity index (χ0n) is 9.65. The molecule has 1 rings (SSSR count). The number of aromatic nitrogens is 2. The molecule has 0 aliphatic heterocycles. The zero-order chi connectivity index (χ0) is 10.6. The van der Waals surface area contributed by atoms with Crippen LogP contribution < -0.4 is 5.32 Å². The molecule has 0 aliphatic rings. The normalized spacial score (nSPS) is 12.0. The summed E-state index contributed by atoms with van der Waals surface area (Å²) >= 11 is 0. The van der Waals surface area contributed by atoms with Gasteiger partial charge in [0, 0.05) is 30.4 Å². The van der Waals surface area contributed by atoms with E-state index >= 15 is 0 Å². The Morgan fingerprint density at radius 2 is 2.14 bits per heavy atom. The number of imidazole rings is 1. The van der Waals surface area contributed by atoms with E-state index in [9.17, 15) is 0 Å². The number of hydrogen-bond acceptors (Lipinski definition) is 2. The Morgan fingerprint density at radius 3 is 2.64 bits per heavy atom. The molecule has 3 nitrogen and oxygen atoms in total. The van der Waals surface area contributed by atoms with Crippen LogP contribution in [-0.2, 0) is 12.8 Å². The minimum absolute atomic E-state index is 0.195. The van der Waals surface area contributed by atoms with Crippen LogP contribution in [0.1, 0.15) is 39.2 Å². The van der Waals surface area contributed by atoms with Gasteiger partial charge >= 0.3 is 0 Å². The van der Waals surface area contributed by atoms with Crippen molar-refractivity contribution in [2.75, 3.05) is 6.54 Å². The molecule has 1 aromatic rings. The van der Waals surface area contributed by atoms with Gasteiger partial charge in [0.05, 0.1) is 0 Å². The predicted molar refractivity (Wildman–Crippen MR) is 59.4 cm³/mol. The van der Waals surface area contributed by atoms with Crippen LogP contribution in [0.5, 0.6) is 0 Å². The number of aromatic amines is 1. The first-order valence-corrected chi connectivity index (χ1v) is 5.29. The summed E-state index contributed by atoms with van der Waals surface area (Å²) in [6.45, 7) is 9.62. The number of aryl methyl sites for hydroxylation is 1. The van der Waals surface area contributed by atoms with E-state index in [1.807, 2.05) is 6.20 Å². The third-order valence-corrected chi connectivity index (χ3v) is 2.08. The van der Waals surface area contributed by atoms with Gasteiger partial charge < -0.3 is 10.3 Å². The second-order valence-corrected chi connectivity index (χ2v) is 4.64. The molecule has 0 radical (unpaired) electrons. The number of nitrogens with one attached hydrogen (secondary N) is 2. The largest absolute Gasteiger partial charge is 0.346 e. The number of H-pyrrole nitrogens is 1. The van der Waals surface area contributed by atoms with Gasteiger partial charge in [-0.15, -0.1) is 0 Å². The molecule has 3 heteroatoms. The number of rotatable bonds is 4. The molecule has 1 heterocycles. The van der Waals surface area contributed by atoms with E-state index < -0.39 is 0 Å². The summed E-state index contributed by atoms with van der Waals surface area (Å²) in [5, 5.41) is 3.44. The van der Waals surface area contributed by atoms with Gasteiger partial charge in [-0.25, -0.2) is 4.98 Å². The average molecular weight is 195 g/mol. The number of hydrogen-bond donors (Lipinski definition) is 2. The van der Waals surface area contributed by atoms with Gasteiger partial charge in [-0.1, -0.05) is 6.92 Å². The molecule has 0 fully saturated rings. The third-order valence-electron chi connectivity index (χ3n) is 2.08. The summed E-state index contributed by atoms with van der Waals surface area (Å²) in [7, 11) is 0. The van der Waals surface area contributed by atoms with Gasteiger partial charge in [0.15, 0.2) is 0 Å². The van der Waals surface area contributed by atoms with E-state index in [4.69, 9.17) is 0 Å². The SMILES string of the molecule is CCc1cnc(CCNC(C)(C)C)[nH]1. The molecule has 14 heavy (non-hydrogen) atoms. The third kappa shape index (κ3) is 3.92. The van der Waals surface area contributed by atoms with E-state index in [1.165, 1.54) is 5.69 Å². The van der Waals surface area contributed by atoms with Crippen molar-refractivity contribution in [2.45, 2.75) is 46.1 Å². The van der Waals surface area contributed by atoms with Gasteiger partial charge in [-0.3, -0.25) is 0 Å². The Morgan fingerprint density at radius 1 is 1.43 bits per heavy atom. The van der Waals surface area contributed by atoms with Crippen molar-refractivity contribution < 1.29 is 0 Å². The molecular formula is C11H21N3. The van der Waals surface area contributed by atoms with E-state index in [2.05, 4.69) is 43.0 Å². The summed E-state index contributed by atoms with van der Waals surface area (Å²) in [6.07, 6.45) is 3.92. The second-order valence-electron chi connectivity index (χ2n) is 4.64. The van der Waals surface area contributed by atoms with Gasteiger partial charge in [0.25, 0.3) is 0 Å². The van der Waals surface area contributed by atoms with Crippen LogP contribution in [0.4, 0.5) is 0 Å². The smallest absolute Gasteiger partial charge is 0.107 e. The first kappa shape index (κ1) is 11.2. The number of nitrogens with zero attached hydrogens (tertiary/aromatic N) is 1. The van der Waals surface area contributed by atoms with E-state index in [1.54, 1.807) is 0 Å². The predicted octanol–water partition coefficient (Wildman–Crippen LogP) is 1.90. The molecule has 80 valence electrons. The minimum atomic E-state index is 0.195. The summed E-state index contributed by atoms with van der Waals surface area (Å²) < 4.78 is 0. The molecule has 0 saturated heterocycles. The fraction of sp³-hybridized carbons (Fsp3) is 0.727. The summed E-state index contributed by atoms with van der Waals surface area (Å²) in [4.78, 5) is 7.61. The molecule has 0 unspecified atom stereocenters. The van der Waals surface area contributed by atoms with Crippen LogP contribution in [-0.4, -0.2) is 22.1 Å². The van der Waals surface area contributed by atoms with Crippen LogP contribution in [0.3, 0.4) is 0 Å². The van der Waals surface area contributed by atoms with Crippen molar-refractivity contribution in [1.29, 1.82) is 0 Å². The van der Waals surface area contributed by atoms with Crippen molar-refractivity contribution in [3.63, 3.8) is 0 Å². The molecule has 2 N–H and O–H groups in total. The highest BCUT2D eigenvalue weighted by molar-refractivity contribution is 5.01. The fourth-order valence-electron chi connectivity index (χ4n) is 1.27. The Hall–Kier alpha value is -0.830. The van der Waals surface area contributed by atoms with Crippen LogP contribution in [0.2, 0.25) is 0 Å². The maximum Gasteiger partial charge on any atom is 0.107 e. The van der Waals surface area contributed by atoms with Gasteiger partial charge in [-0.05, 0) is 27.2 Å². The van der Waals surface area contributed by atoms with Gasteiger partial charge in [0.2, 0.25) is 0 Å². The first-order chi connectivity index (χ1) is 6.51. The van der Waals surface area contributed by atoms with Crippen LogP contribution in [0, 0.1) is 0 Å². The minimum Gasteiger partial charge on any atom is -0.346 e. The van der Waals surface area contributed by atoms with Crippen molar-refractivity contribution in [1.82, 2.24) is 15.3 Å². The van der Waals surface area contributed by atoms with E-state index in [0.717, 1.165) is 25.2 Å². The van der Waals surface area contributed by atoms with E-state index in [-0.39, 0.29) is 5.54 Å². The first-order valence-electron chi connectivity index (χ1n) is 5.29. The van der Waals surface area contributed by atoms with Crippen molar-refractivity contribution in [3.8, 4) is 0 Å². The monoisotopic (exact) mass is 195 g/mol. The topological polar surface area (TPSA) is 40.7 Å². The second kappa shape index (κ2) is 4.60. The standard InChI is InChI=1S/C11H21N3/c1-5-9-8-12-10(14-9)6-7-13-11(2,3)4/h8,13H,5-7H2,1-4H3,(H,12,14). The Bertz CT molecular complexity index is 270. The average Bonchev–Trinajstić information content (AvgIpc) is 2.50. The molecule has 0 atom stereocenters. The lowest BCUT2D eigenvalue weighted by Crippen LogP contribution is -2.37. The maximum atomic E-state index is 4.31. The lowest BCUT2D eigenvalue weighted by atomic mass is 10.1. The van der Waals surface area contributed by atoms with Crippen molar-refractivity contribution >= 4 is 0 Å². The zero-order valence-corrected chi connectivity index (χ0v) is 9.65. The molecule has 0 spiro atoms. The van der Waals surface area contributed by atoms with Crippen LogP contribution in [0.15, 0.2) is 6.20 Å². The Balaban J connectivity index is 2.31. The molecule has 0 aliphatic carbocycles. The quantitative estimate of drug-likeness (QED) is 0.770. The highest BCUT2D eigenvalue weighted by Gasteiger charge is 2.08. The van der Waals surface area contributed by atoms with Crippen LogP contribution >= 0.6 is 0 Å². The lowest BCUT2D eigenvalue weighted by Gasteiger charge is -2.19. The van der Waals surface area contributed by atoms with Crippen molar-refractivity contribution in [2.24, 2.45) is 0 Å². The van der Waals surface area contributed by atoms with Gasteiger partial charge in [0.1, 0.15) is 5.82 Å². The molecule has 0 saturated carbocycles. The Labute approximate surface area is 86.3 Å². The molecule has 0 aromatic carbocycles. The highest BCUT2D eigenvalue weighted by Crippen LogP contribution is 2.01. The lowest BCUT2D eigenvalue weighted by molar-refractivity contribution is 0.427.